The third-order valence-electron chi connectivity index (χ3n) is 1.42. The van der Waals surface area contributed by atoms with Gasteiger partial charge < -0.3 is 10.4 Å². The van der Waals surface area contributed by atoms with Crippen LogP contribution in [0.4, 0.5) is 4.79 Å². The van der Waals surface area contributed by atoms with Crippen LogP contribution in [0.25, 0.3) is 0 Å². The van der Waals surface area contributed by atoms with Crippen molar-refractivity contribution in [1.82, 2.24) is 5.32 Å². The fourth-order valence-corrected chi connectivity index (χ4v) is 0.898. The van der Waals surface area contributed by atoms with Crippen molar-refractivity contribution in [2.75, 3.05) is 0 Å². The minimum Gasteiger partial charge on any atom is -0.465 e. The highest BCUT2D eigenvalue weighted by Crippen LogP contribution is 2.07. The normalized spacial score (nSPS) is 20.3. The molecule has 0 aromatic rings. The Bertz CT molecular complexity index is 297. The first-order chi connectivity index (χ1) is 5.74. The Labute approximate surface area is 68.9 Å². The van der Waals surface area contributed by atoms with Gasteiger partial charge in [0.25, 0.3) is 0 Å². The first kappa shape index (κ1) is 8.30. The standard InChI is InChI=1S/C8H7NO3/c10-5-6-3-1-2-4-7(6)9-8(11)12/h1-4,7,9H,(H,11,12). The fourth-order valence-electron chi connectivity index (χ4n) is 0.898. The summed E-state index contributed by atoms with van der Waals surface area (Å²) in [5.41, 5.74) is 0.292. The molecule has 2 N–H and O–H groups in total. The summed E-state index contributed by atoms with van der Waals surface area (Å²) in [5, 5.41) is 10.5. The maximum absolute atomic E-state index is 10.3. The Morgan fingerprint density at radius 1 is 1.58 bits per heavy atom. The molecule has 1 aliphatic rings. The topological polar surface area (TPSA) is 66.4 Å². The van der Waals surface area contributed by atoms with E-state index >= 15 is 0 Å². The summed E-state index contributed by atoms with van der Waals surface area (Å²) in [4.78, 5) is 20.5. The lowest BCUT2D eigenvalue weighted by Gasteiger charge is -2.12. The number of carbonyl (C=O) groups is 1. The van der Waals surface area contributed by atoms with E-state index < -0.39 is 12.1 Å². The van der Waals surface area contributed by atoms with E-state index in [0.717, 1.165) is 0 Å². The van der Waals surface area contributed by atoms with E-state index in [0.29, 0.717) is 5.57 Å². The van der Waals surface area contributed by atoms with Crippen molar-refractivity contribution >= 4 is 12.0 Å². The molecule has 0 aromatic carbocycles. The second-order valence-corrected chi connectivity index (χ2v) is 2.23. The predicted octanol–water partition coefficient (Wildman–Crippen LogP) is 0.507. The predicted molar refractivity (Wildman–Crippen MR) is 42.4 cm³/mol. The Balaban J connectivity index is 2.76. The Hall–Kier alpha value is -1.80. The highest BCUT2D eigenvalue weighted by atomic mass is 16.4. The maximum atomic E-state index is 10.3. The smallest absolute Gasteiger partial charge is 0.405 e. The number of allylic oxidation sites excluding steroid dienone is 2. The molecule has 1 unspecified atom stereocenters. The van der Waals surface area contributed by atoms with Gasteiger partial charge in [-0.1, -0.05) is 18.2 Å². The number of hydrogen-bond acceptors (Lipinski definition) is 2. The largest absolute Gasteiger partial charge is 0.465 e. The van der Waals surface area contributed by atoms with Crippen molar-refractivity contribution < 1.29 is 14.7 Å². The molecule has 0 spiro atoms. The maximum Gasteiger partial charge on any atom is 0.405 e. The van der Waals surface area contributed by atoms with Gasteiger partial charge in [0.2, 0.25) is 0 Å². The van der Waals surface area contributed by atoms with E-state index in [-0.39, 0.29) is 0 Å². The third-order valence-corrected chi connectivity index (χ3v) is 1.42. The molecular weight excluding hydrogens is 158 g/mol. The lowest BCUT2D eigenvalue weighted by molar-refractivity contribution is 0.193. The summed E-state index contributed by atoms with van der Waals surface area (Å²) >= 11 is 0. The Kier molecular flexibility index (Phi) is 2.46. The van der Waals surface area contributed by atoms with Crippen molar-refractivity contribution in [1.29, 1.82) is 0 Å². The van der Waals surface area contributed by atoms with Crippen molar-refractivity contribution in [2.24, 2.45) is 0 Å². The van der Waals surface area contributed by atoms with Crippen LogP contribution in [0.5, 0.6) is 0 Å². The molecule has 0 saturated carbocycles. The van der Waals surface area contributed by atoms with E-state index in [1.807, 2.05) is 0 Å². The van der Waals surface area contributed by atoms with Crippen molar-refractivity contribution in [3.05, 3.63) is 29.9 Å². The van der Waals surface area contributed by atoms with Crippen LogP contribution in [-0.4, -0.2) is 23.2 Å². The summed E-state index contributed by atoms with van der Waals surface area (Å²) in [5.74, 6) is 1.66. The van der Waals surface area contributed by atoms with Crippen LogP contribution < -0.4 is 5.32 Å². The van der Waals surface area contributed by atoms with E-state index in [2.05, 4.69) is 5.32 Å². The molecule has 0 radical (unpaired) electrons. The Morgan fingerprint density at radius 3 is 2.92 bits per heavy atom. The summed E-state index contributed by atoms with van der Waals surface area (Å²) in [6.07, 6.45) is 5.26. The van der Waals surface area contributed by atoms with Gasteiger partial charge >= 0.3 is 6.09 Å². The van der Waals surface area contributed by atoms with Crippen molar-refractivity contribution in [3.8, 4) is 0 Å². The molecule has 4 heteroatoms. The highest BCUT2D eigenvalue weighted by molar-refractivity contribution is 5.70. The summed E-state index contributed by atoms with van der Waals surface area (Å²) in [6, 6.07) is -0.565. The number of hydrogen-bond donors (Lipinski definition) is 2. The fraction of sp³-hybridized carbons (Fsp3) is 0.125. The number of carboxylic acid groups (broad SMARTS) is 1. The molecular formula is C8H7NO3. The molecule has 1 amide bonds. The summed E-state index contributed by atoms with van der Waals surface area (Å²) < 4.78 is 0. The minimum absolute atomic E-state index is 0.292. The molecule has 0 aliphatic heterocycles. The zero-order valence-corrected chi connectivity index (χ0v) is 6.15. The van der Waals surface area contributed by atoms with Gasteiger partial charge in [0.1, 0.15) is 5.94 Å². The number of rotatable bonds is 1. The van der Waals surface area contributed by atoms with Gasteiger partial charge in [-0.25, -0.2) is 9.59 Å². The SMILES string of the molecule is O=C=C1C=CC=CC1NC(=O)O. The van der Waals surface area contributed by atoms with Crippen molar-refractivity contribution in [2.45, 2.75) is 6.04 Å². The average molecular weight is 165 g/mol. The van der Waals surface area contributed by atoms with Crippen molar-refractivity contribution in [3.63, 3.8) is 0 Å². The van der Waals surface area contributed by atoms with Gasteiger partial charge in [-0.2, -0.15) is 0 Å². The molecule has 1 atom stereocenters. The van der Waals surface area contributed by atoms with Gasteiger partial charge in [-0.3, -0.25) is 0 Å². The third kappa shape index (κ3) is 1.84. The first-order valence-corrected chi connectivity index (χ1v) is 3.33. The van der Waals surface area contributed by atoms with E-state index in [1.165, 1.54) is 6.08 Å². The molecule has 1 rings (SSSR count). The highest BCUT2D eigenvalue weighted by Gasteiger charge is 2.13. The van der Waals surface area contributed by atoms with Crippen LogP contribution in [0.1, 0.15) is 0 Å². The minimum atomic E-state index is -1.16. The Morgan fingerprint density at radius 2 is 2.33 bits per heavy atom. The van der Waals surface area contributed by atoms with Gasteiger partial charge in [-0.05, 0) is 6.08 Å². The van der Waals surface area contributed by atoms with Crippen LogP contribution in [0.2, 0.25) is 0 Å². The zero-order chi connectivity index (χ0) is 8.97. The van der Waals surface area contributed by atoms with Crippen LogP contribution in [0.15, 0.2) is 29.9 Å². The second kappa shape index (κ2) is 3.55. The van der Waals surface area contributed by atoms with Gasteiger partial charge in [0.05, 0.1) is 11.6 Å². The average Bonchev–Trinajstić information content (AvgIpc) is 2.04. The molecule has 4 nitrogen and oxygen atoms in total. The monoisotopic (exact) mass is 165 g/mol. The molecule has 0 heterocycles. The van der Waals surface area contributed by atoms with Crippen LogP contribution in [-0.2, 0) is 4.79 Å². The summed E-state index contributed by atoms with van der Waals surface area (Å²) in [6.45, 7) is 0. The lowest BCUT2D eigenvalue weighted by Crippen LogP contribution is -2.34. The van der Waals surface area contributed by atoms with E-state index in [9.17, 15) is 9.59 Å². The quantitative estimate of drug-likeness (QED) is 0.556. The van der Waals surface area contributed by atoms with Crippen LogP contribution >= 0.6 is 0 Å². The first-order valence-electron chi connectivity index (χ1n) is 3.33. The molecule has 0 aromatic heterocycles. The van der Waals surface area contributed by atoms with Crippen LogP contribution in [0, 0.1) is 0 Å². The molecule has 0 fully saturated rings. The molecule has 0 saturated heterocycles. The number of amides is 1. The number of nitrogens with one attached hydrogen (secondary N) is 1. The second-order valence-electron chi connectivity index (χ2n) is 2.23. The number of carbonyl (C=O) groups excluding carboxylic acids is 1. The lowest BCUT2D eigenvalue weighted by atomic mass is 10.0. The van der Waals surface area contributed by atoms with Gasteiger partial charge in [0, 0.05) is 0 Å². The van der Waals surface area contributed by atoms with Crippen LogP contribution in [0.3, 0.4) is 0 Å². The molecule has 62 valence electrons. The van der Waals surface area contributed by atoms with E-state index in [4.69, 9.17) is 5.11 Å². The van der Waals surface area contributed by atoms with E-state index in [1.54, 1.807) is 24.2 Å². The molecule has 1 aliphatic carbocycles. The van der Waals surface area contributed by atoms with Gasteiger partial charge in [-0.15, -0.1) is 0 Å². The molecule has 12 heavy (non-hydrogen) atoms. The zero-order valence-electron chi connectivity index (χ0n) is 6.15. The summed E-state index contributed by atoms with van der Waals surface area (Å²) in [7, 11) is 0. The molecule has 0 bridgehead atoms. The van der Waals surface area contributed by atoms with Gasteiger partial charge in [0.15, 0.2) is 0 Å².